The topological polar surface area (TPSA) is 75.8 Å². The Morgan fingerprint density at radius 3 is 1.66 bits per heavy atom. The molecule has 0 radical (unpaired) electrons. The summed E-state index contributed by atoms with van der Waals surface area (Å²) >= 11 is 0. The average Bonchev–Trinajstić information content (AvgIpc) is 3.68. The SMILES string of the molecule is COc1ccccc1-c1ccc(-c2cc(-c3cccc(-c4cc(-c5ccccc5OC)[nH]n4)c3)n[nH]2)cc1. The van der Waals surface area contributed by atoms with E-state index in [9.17, 15) is 0 Å². The van der Waals surface area contributed by atoms with E-state index in [4.69, 9.17) is 9.47 Å². The fraction of sp³-hybridized carbons (Fsp3) is 0.0625. The predicted molar refractivity (Wildman–Crippen MR) is 151 cm³/mol. The van der Waals surface area contributed by atoms with E-state index in [1.54, 1.807) is 14.2 Å². The first-order valence-electron chi connectivity index (χ1n) is 12.3. The zero-order chi connectivity index (χ0) is 25.9. The molecule has 0 aliphatic carbocycles. The number of rotatable bonds is 7. The molecule has 2 heterocycles. The van der Waals surface area contributed by atoms with Crippen LogP contribution in [0, 0.1) is 0 Å². The molecule has 186 valence electrons. The normalized spacial score (nSPS) is 10.9. The van der Waals surface area contributed by atoms with Crippen molar-refractivity contribution in [1.82, 2.24) is 20.4 Å². The van der Waals surface area contributed by atoms with Crippen LogP contribution in [-0.2, 0) is 0 Å². The molecule has 6 nitrogen and oxygen atoms in total. The van der Waals surface area contributed by atoms with Gasteiger partial charge in [0.15, 0.2) is 0 Å². The Hall–Kier alpha value is -5.10. The van der Waals surface area contributed by atoms with Crippen LogP contribution in [0.3, 0.4) is 0 Å². The molecule has 0 saturated carbocycles. The Morgan fingerprint density at radius 2 is 1.00 bits per heavy atom. The average molecular weight is 499 g/mol. The van der Waals surface area contributed by atoms with Crippen LogP contribution in [0.4, 0.5) is 0 Å². The summed E-state index contributed by atoms with van der Waals surface area (Å²) < 4.78 is 11.0. The monoisotopic (exact) mass is 498 g/mol. The molecule has 6 heteroatoms. The lowest BCUT2D eigenvalue weighted by atomic mass is 10.0. The Morgan fingerprint density at radius 1 is 0.474 bits per heavy atom. The second kappa shape index (κ2) is 10.1. The molecule has 2 aromatic heterocycles. The number of ether oxygens (including phenoxy) is 2. The Kier molecular flexibility index (Phi) is 6.20. The van der Waals surface area contributed by atoms with Crippen molar-refractivity contribution in [3.05, 3.63) is 109 Å². The van der Waals surface area contributed by atoms with Gasteiger partial charge in [0.2, 0.25) is 0 Å². The van der Waals surface area contributed by atoms with Crippen molar-refractivity contribution in [2.45, 2.75) is 0 Å². The number of aromatic nitrogens is 4. The maximum absolute atomic E-state index is 5.51. The number of aromatic amines is 2. The van der Waals surface area contributed by atoms with Gasteiger partial charge < -0.3 is 9.47 Å². The van der Waals surface area contributed by atoms with Crippen molar-refractivity contribution >= 4 is 0 Å². The van der Waals surface area contributed by atoms with Crippen molar-refractivity contribution in [3.8, 4) is 67.7 Å². The van der Waals surface area contributed by atoms with E-state index in [2.05, 4.69) is 75.0 Å². The highest BCUT2D eigenvalue weighted by Crippen LogP contribution is 2.34. The summed E-state index contributed by atoms with van der Waals surface area (Å²) in [6.45, 7) is 0. The third kappa shape index (κ3) is 4.44. The van der Waals surface area contributed by atoms with E-state index in [1.807, 2.05) is 54.6 Å². The molecule has 6 aromatic rings. The van der Waals surface area contributed by atoms with Crippen LogP contribution in [0.2, 0.25) is 0 Å². The second-order valence-electron chi connectivity index (χ2n) is 8.89. The number of methoxy groups -OCH3 is 2. The van der Waals surface area contributed by atoms with Gasteiger partial charge in [-0.15, -0.1) is 0 Å². The van der Waals surface area contributed by atoms with Crippen molar-refractivity contribution in [2.24, 2.45) is 0 Å². The highest BCUT2D eigenvalue weighted by Gasteiger charge is 2.12. The van der Waals surface area contributed by atoms with Gasteiger partial charge in [0.1, 0.15) is 11.5 Å². The zero-order valence-corrected chi connectivity index (χ0v) is 21.1. The molecule has 0 aliphatic rings. The van der Waals surface area contributed by atoms with E-state index < -0.39 is 0 Å². The molecule has 2 N–H and O–H groups in total. The van der Waals surface area contributed by atoms with Gasteiger partial charge >= 0.3 is 0 Å². The summed E-state index contributed by atoms with van der Waals surface area (Å²) in [5.41, 5.74) is 9.80. The Balaban J connectivity index is 1.25. The lowest BCUT2D eigenvalue weighted by Crippen LogP contribution is -1.87. The number of hydrogen-bond acceptors (Lipinski definition) is 4. The summed E-state index contributed by atoms with van der Waals surface area (Å²) in [7, 11) is 3.37. The molecule has 0 amide bonds. The van der Waals surface area contributed by atoms with Crippen LogP contribution >= 0.6 is 0 Å². The fourth-order valence-electron chi connectivity index (χ4n) is 4.64. The standard InChI is InChI=1S/C32H26N4O2/c1-37-31-12-5-3-10-25(31)21-14-16-22(17-15-21)27-19-28(34-33-27)23-8-7-9-24(18-23)29-20-30(36-35-29)26-11-4-6-13-32(26)38-2/h3-20H,1-2H3,(H,33,34)(H,35,36). The lowest BCUT2D eigenvalue weighted by Gasteiger charge is -2.08. The summed E-state index contributed by atoms with van der Waals surface area (Å²) in [5, 5.41) is 15.5. The number of nitrogens with one attached hydrogen (secondary N) is 2. The van der Waals surface area contributed by atoms with Gasteiger partial charge in [-0.3, -0.25) is 10.2 Å². The smallest absolute Gasteiger partial charge is 0.128 e. The fourth-order valence-corrected chi connectivity index (χ4v) is 4.64. The van der Waals surface area contributed by atoms with Gasteiger partial charge in [-0.2, -0.15) is 10.2 Å². The molecular weight excluding hydrogens is 472 g/mol. The van der Waals surface area contributed by atoms with Crippen molar-refractivity contribution in [2.75, 3.05) is 14.2 Å². The Bertz CT molecular complexity index is 1700. The maximum atomic E-state index is 5.51. The Labute approximate surface area is 220 Å². The van der Waals surface area contributed by atoms with E-state index in [1.165, 1.54) is 0 Å². The van der Waals surface area contributed by atoms with Crippen LogP contribution < -0.4 is 9.47 Å². The molecule has 6 rings (SSSR count). The summed E-state index contributed by atoms with van der Waals surface area (Å²) in [5.74, 6) is 1.66. The van der Waals surface area contributed by atoms with Gasteiger partial charge in [-0.1, -0.05) is 72.8 Å². The number of hydrogen-bond donors (Lipinski definition) is 2. The lowest BCUT2D eigenvalue weighted by molar-refractivity contribution is 0.416. The summed E-state index contributed by atoms with van der Waals surface area (Å²) in [6.07, 6.45) is 0. The predicted octanol–water partition coefficient (Wildman–Crippen LogP) is 7.49. The van der Waals surface area contributed by atoms with Crippen LogP contribution in [0.1, 0.15) is 0 Å². The second-order valence-corrected chi connectivity index (χ2v) is 8.89. The largest absolute Gasteiger partial charge is 0.496 e. The first-order chi connectivity index (χ1) is 18.7. The third-order valence-corrected chi connectivity index (χ3v) is 6.62. The van der Waals surface area contributed by atoms with Gasteiger partial charge in [-0.25, -0.2) is 0 Å². The van der Waals surface area contributed by atoms with Crippen LogP contribution in [0.15, 0.2) is 109 Å². The molecule has 0 saturated heterocycles. The highest BCUT2D eigenvalue weighted by molar-refractivity contribution is 5.77. The van der Waals surface area contributed by atoms with Crippen LogP contribution in [0.5, 0.6) is 11.5 Å². The minimum absolute atomic E-state index is 0.802. The quantitative estimate of drug-likeness (QED) is 0.239. The molecule has 4 aromatic carbocycles. The van der Waals surface area contributed by atoms with E-state index in [0.717, 1.165) is 67.7 Å². The first kappa shape index (κ1) is 23.3. The molecule has 0 bridgehead atoms. The number of para-hydroxylation sites is 2. The molecule has 0 spiro atoms. The van der Waals surface area contributed by atoms with Gasteiger partial charge in [0, 0.05) is 22.3 Å². The molecule has 0 aliphatic heterocycles. The van der Waals surface area contributed by atoms with Crippen molar-refractivity contribution < 1.29 is 9.47 Å². The highest BCUT2D eigenvalue weighted by atomic mass is 16.5. The molecular formula is C32H26N4O2. The maximum Gasteiger partial charge on any atom is 0.128 e. The van der Waals surface area contributed by atoms with E-state index in [-0.39, 0.29) is 0 Å². The molecule has 0 unspecified atom stereocenters. The van der Waals surface area contributed by atoms with Crippen molar-refractivity contribution in [3.63, 3.8) is 0 Å². The van der Waals surface area contributed by atoms with Crippen LogP contribution in [0.25, 0.3) is 56.2 Å². The van der Waals surface area contributed by atoms with Gasteiger partial charge in [-0.05, 0) is 47.5 Å². The zero-order valence-electron chi connectivity index (χ0n) is 21.1. The molecule has 0 fully saturated rings. The molecule has 38 heavy (non-hydrogen) atoms. The van der Waals surface area contributed by atoms with E-state index >= 15 is 0 Å². The summed E-state index contributed by atoms with van der Waals surface area (Å²) in [6, 6.07) is 36.7. The number of nitrogens with zero attached hydrogens (tertiary/aromatic N) is 2. The third-order valence-electron chi connectivity index (χ3n) is 6.62. The number of H-pyrrole nitrogens is 2. The summed E-state index contributed by atoms with van der Waals surface area (Å²) in [4.78, 5) is 0. The van der Waals surface area contributed by atoms with Crippen LogP contribution in [-0.4, -0.2) is 34.6 Å². The molecule has 0 atom stereocenters. The first-order valence-corrected chi connectivity index (χ1v) is 12.3. The van der Waals surface area contributed by atoms with E-state index in [0.29, 0.717) is 0 Å². The van der Waals surface area contributed by atoms with Gasteiger partial charge in [0.05, 0.1) is 37.0 Å². The number of benzene rings is 4. The minimum atomic E-state index is 0.802. The minimum Gasteiger partial charge on any atom is -0.496 e. The van der Waals surface area contributed by atoms with Gasteiger partial charge in [0.25, 0.3) is 0 Å². The van der Waals surface area contributed by atoms with Crippen molar-refractivity contribution in [1.29, 1.82) is 0 Å².